The van der Waals surface area contributed by atoms with E-state index in [-0.39, 0.29) is 0 Å². The summed E-state index contributed by atoms with van der Waals surface area (Å²) >= 11 is 1.64. The van der Waals surface area contributed by atoms with Gasteiger partial charge in [-0.3, -0.25) is 0 Å². The van der Waals surface area contributed by atoms with E-state index >= 15 is 0 Å². The lowest BCUT2D eigenvalue weighted by atomic mass is 10.00. The Kier molecular flexibility index (Phi) is 2.63. The highest BCUT2D eigenvalue weighted by molar-refractivity contribution is 7.18. The fourth-order valence-corrected chi connectivity index (χ4v) is 2.86. The van der Waals surface area contributed by atoms with E-state index in [1.165, 1.54) is 16.7 Å². The largest absolute Gasteiger partial charge is 0.243 e. The molecule has 0 aliphatic rings. The van der Waals surface area contributed by atoms with Gasteiger partial charge in [0.25, 0.3) is 0 Å². The topological polar surface area (TPSA) is 25.8 Å². The van der Waals surface area contributed by atoms with Gasteiger partial charge in [0, 0.05) is 11.8 Å². The molecule has 0 unspecified atom stereocenters. The zero-order valence-electron chi connectivity index (χ0n) is 10.7. The predicted octanol–water partition coefficient (Wildman–Crippen LogP) is 4.28. The molecule has 0 saturated carbocycles. The highest BCUT2D eigenvalue weighted by Gasteiger charge is 2.07. The molecule has 0 N–H and O–H groups in total. The lowest BCUT2D eigenvalue weighted by Crippen LogP contribution is -1.86. The predicted molar refractivity (Wildman–Crippen MR) is 77.1 cm³/mol. The molecule has 0 aliphatic carbocycles. The normalized spacial score (nSPS) is 11.1. The van der Waals surface area contributed by atoms with Crippen LogP contribution in [0, 0.1) is 20.8 Å². The molecule has 0 bridgehead atoms. The molecule has 18 heavy (non-hydrogen) atoms. The Hall–Kier alpha value is -1.74. The van der Waals surface area contributed by atoms with Crippen LogP contribution in [0.5, 0.6) is 0 Å². The van der Waals surface area contributed by atoms with Crippen molar-refractivity contribution in [2.24, 2.45) is 0 Å². The van der Waals surface area contributed by atoms with Gasteiger partial charge in [0.15, 0.2) is 0 Å². The second-order valence-electron chi connectivity index (χ2n) is 4.60. The molecule has 0 amide bonds. The molecule has 90 valence electrons. The Labute approximate surface area is 110 Å². The fourth-order valence-electron chi connectivity index (χ4n) is 2.13. The van der Waals surface area contributed by atoms with Crippen molar-refractivity contribution in [3.63, 3.8) is 0 Å². The fraction of sp³-hybridized carbons (Fsp3) is 0.200. The molecule has 0 aliphatic heterocycles. The van der Waals surface area contributed by atoms with Crippen molar-refractivity contribution in [3.05, 3.63) is 46.6 Å². The molecular weight excluding hydrogens is 240 g/mol. The van der Waals surface area contributed by atoms with Gasteiger partial charge in [-0.2, -0.15) is 0 Å². The molecule has 1 aromatic carbocycles. The van der Waals surface area contributed by atoms with E-state index in [2.05, 4.69) is 48.1 Å². The Morgan fingerprint density at radius 1 is 1.06 bits per heavy atom. The van der Waals surface area contributed by atoms with Crippen LogP contribution in [0.15, 0.2) is 30.5 Å². The molecule has 0 fully saturated rings. The van der Waals surface area contributed by atoms with E-state index in [0.29, 0.717) is 0 Å². The number of rotatable bonds is 1. The van der Waals surface area contributed by atoms with E-state index in [4.69, 9.17) is 0 Å². The van der Waals surface area contributed by atoms with E-state index in [0.717, 1.165) is 20.9 Å². The zero-order chi connectivity index (χ0) is 12.7. The van der Waals surface area contributed by atoms with Gasteiger partial charge in [0.05, 0.1) is 5.01 Å². The van der Waals surface area contributed by atoms with Crippen molar-refractivity contribution in [3.8, 4) is 11.1 Å². The minimum absolute atomic E-state index is 0.996. The van der Waals surface area contributed by atoms with Gasteiger partial charge >= 0.3 is 0 Å². The maximum absolute atomic E-state index is 4.51. The SMILES string of the molecule is Cc1ccc(C)c(-c2cnc3sc(C)nc3c2)c1. The minimum Gasteiger partial charge on any atom is -0.243 e. The number of fused-ring (bicyclic) bond motifs is 1. The highest BCUT2D eigenvalue weighted by Crippen LogP contribution is 2.28. The monoisotopic (exact) mass is 254 g/mol. The van der Waals surface area contributed by atoms with Gasteiger partial charge < -0.3 is 0 Å². The number of benzene rings is 1. The summed E-state index contributed by atoms with van der Waals surface area (Å²) in [5.74, 6) is 0. The van der Waals surface area contributed by atoms with Crippen LogP contribution in [0.25, 0.3) is 21.5 Å². The van der Waals surface area contributed by atoms with Crippen molar-refractivity contribution < 1.29 is 0 Å². The molecule has 0 radical (unpaired) electrons. The number of hydrogen-bond acceptors (Lipinski definition) is 3. The lowest BCUT2D eigenvalue weighted by molar-refractivity contribution is 1.32. The van der Waals surface area contributed by atoms with E-state index in [1.54, 1.807) is 11.3 Å². The van der Waals surface area contributed by atoms with Crippen LogP contribution < -0.4 is 0 Å². The van der Waals surface area contributed by atoms with Gasteiger partial charge in [-0.15, -0.1) is 0 Å². The molecule has 0 atom stereocenters. The third-order valence-electron chi connectivity index (χ3n) is 3.06. The van der Waals surface area contributed by atoms with E-state index < -0.39 is 0 Å². The summed E-state index contributed by atoms with van der Waals surface area (Å²) < 4.78 is 0. The quantitative estimate of drug-likeness (QED) is 0.647. The number of hydrogen-bond donors (Lipinski definition) is 0. The summed E-state index contributed by atoms with van der Waals surface area (Å²) in [7, 11) is 0. The number of nitrogens with zero attached hydrogens (tertiary/aromatic N) is 2. The molecule has 2 aromatic heterocycles. The Bertz CT molecular complexity index is 728. The number of thiazole rings is 1. The Morgan fingerprint density at radius 3 is 2.72 bits per heavy atom. The first-order chi connectivity index (χ1) is 8.63. The van der Waals surface area contributed by atoms with Gasteiger partial charge in [-0.1, -0.05) is 35.1 Å². The molecular formula is C15H14N2S. The standard InChI is InChI=1S/C15H14N2S/c1-9-4-5-10(2)13(6-9)12-7-14-15(16-8-12)18-11(3)17-14/h4-8H,1-3H3. The summed E-state index contributed by atoms with van der Waals surface area (Å²) in [6, 6.07) is 8.63. The molecule has 3 aromatic rings. The first-order valence-electron chi connectivity index (χ1n) is 5.94. The average molecular weight is 254 g/mol. The van der Waals surface area contributed by atoms with Gasteiger partial charge in [0.1, 0.15) is 10.3 Å². The van der Waals surface area contributed by atoms with Gasteiger partial charge in [-0.05, 0) is 38.0 Å². The summed E-state index contributed by atoms with van der Waals surface area (Å²) in [5, 5.41) is 1.07. The van der Waals surface area contributed by atoms with Crippen molar-refractivity contribution in [2.75, 3.05) is 0 Å². The summed E-state index contributed by atoms with van der Waals surface area (Å²) in [4.78, 5) is 10.0. The maximum atomic E-state index is 4.51. The van der Waals surface area contributed by atoms with Crippen molar-refractivity contribution in [2.45, 2.75) is 20.8 Å². The van der Waals surface area contributed by atoms with Crippen molar-refractivity contribution >= 4 is 21.7 Å². The minimum atomic E-state index is 0.996. The van der Waals surface area contributed by atoms with E-state index in [1.807, 2.05) is 13.1 Å². The third kappa shape index (κ3) is 1.91. The van der Waals surface area contributed by atoms with Gasteiger partial charge in [0.2, 0.25) is 0 Å². The smallest absolute Gasteiger partial charge is 0.143 e. The van der Waals surface area contributed by atoms with Crippen molar-refractivity contribution in [1.29, 1.82) is 0 Å². The molecule has 3 rings (SSSR count). The number of aryl methyl sites for hydroxylation is 3. The summed E-state index contributed by atoms with van der Waals surface area (Å²) in [5.41, 5.74) is 5.93. The van der Waals surface area contributed by atoms with Crippen LogP contribution in [0.1, 0.15) is 16.1 Å². The summed E-state index contributed by atoms with van der Waals surface area (Å²) in [6.45, 7) is 6.26. The molecule has 0 spiro atoms. The molecule has 3 heteroatoms. The van der Waals surface area contributed by atoms with Crippen LogP contribution in [-0.2, 0) is 0 Å². The van der Waals surface area contributed by atoms with Crippen LogP contribution in [0.2, 0.25) is 0 Å². The Morgan fingerprint density at radius 2 is 1.89 bits per heavy atom. The molecule has 0 saturated heterocycles. The first kappa shape index (κ1) is 11.4. The van der Waals surface area contributed by atoms with Gasteiger partial charge in [-0.25, -0.2) is 9.97 Å². The molecule has 2 heterocycles. The van der Waals surface area contributed by atoms with Crippen molar-refractivity contribution in [1.82, 2.24) is 9.97 Å². The van der Waals surface area contributed by atoms with E-state index in [9.17, 15) is 0 Å². The lowest BCUT2D eigenvalue weighted by Gasteiger charge is -2.06. The Balaban J connectivity index is 2.21. The second-order valence-corrected chi connectivity index (χ2v) is 5.78. The third-order valence-corrected chi connectivity index (χ3v) is 3.95. The average Bonchev–Trinajstić information content (AvgIpc) is 2.71. The first-order valence-corrected chi connectivity index (χ1v) is 6.76. The zero-order valence-corrected chi connectivity index (χ0v) is 11.5. The highest BCUT2D eigenvalue weighted by atomic mass is 32.1. The second kappa shape index (κ2) is 4.18. The van der Waals surface area contributed by atoms with Crippen LogP contribution in [0.3, 0.4) is 0 Å². The number of pyridine rings is 1. The maximum Gasteiger partial charge on any atom is 0.143 e. The van der Waals surface area contributed by atoms with Crippen LogP contribution in [-0.4, -0.2) is 9.97 Å². The number of aromatic nitrogens is 2. The van der Waals surface area contributed by atoms with Crippen LogP contribution >= 0.6 is 11.3 Å². The summed E-state index contributed by atoms with van der Waals surface area (Å²) in [6.07, 6.45) is 1.95. The molecule has 2 nitrogen and oxygen atoms in total. The van der Waals surface area contributed by atoms with Crippen LogP contribution in [0.4, 0.5) is 0 Å².